The van der Waals surface area contributed by atoms with E-state index in [-0.39, 0.29) is 6.04 Å². The Balaban J connectivity index is 3.20. The Morgan fingerprint density at radius 3 is 2.70 bits per heavy atom. The number of nitrogens with one attached hydrogen (secondary N) is 1. The smallest absolute Gasteiger partial charge is 0.118 e. The molecule has 0 spiro atoms. The Labute approximate surface area is 61.9 Å². The van der Waals surface area contributed by atoms with Crippen molar-refractivity contribution >= 4 is 0 Å². The minimum atomic E-state index is -0.161. The van der Waals surface area contributed by atoms with Crippen molar-refractivity contribution in [1.29, 1.82) is 5.26 Å². The Bertz CT molecular complexity index is 109. The van der Waals surface area contributed by atoms with Crippen LogP contribution in [0.3, 0.4) is 0 Å². The molecule has 1 atom stereocenters. The van der Waals surface area contributed by atoms with Crippen LogP contribution in [0, 0.1) is 11.3 Å². The molecule has 0 aliphatic heterocycles. The van der Waals surface area contributed by atoms with Crippen molar-refractivity contribution in [3.8, 4) is 6.07 Å². The van der Waals surface area contributed by atoms with Crippen LogP contribution in [0.5, 0.6) is 0 Å². The van der Waals surface area contributed by atoms with Gasteiger partial charge in [-0.05, 0) is 12.8 Å². The van der Waals surface area contributed by atoms with Crippen molar-refractivity contribution in [3.63, 3.8) is 0 Å². The molecule has 0 saturated heterocycles. The Morgan fingerprint density at radius 2 is 2.30 bits per heavy atom. The highest BCUT2D eigenvalue weighted by Gasteiger charge is 2.00. The molecule has 0 amide bonds. The van der Waals surface area contributed by atoms with E-state index < -0.39 is 0 Å². The fourth-order valence-corrected chi connectivity index (χ4v) is 0.463. The van der Waals surface area contributed by atoms with Gasteiger partial charge in [0.1, 0.15) is 6.04 Å². The zero-order chi connectivity index (χ0) is 7.82. The van der Waals surface area contributed by atoms with Crippen LogP contribution in [0.15, 0.2) is 0 Å². The van der Waals surface area contributed by atoms with E-state index in [9.17, 15) is 0 Å². The maximum absolute atomic E-state index is 8.43. The van der Waals surface area contributed by atoms with Gasteiger partial charge in [0.2, 0.25) is 0 Å². The number of hydrogen-bond acceptors (Lipinski definition) is 3. The first kappa shape index (κ1) is 9.41. The predicted octanol–water partition coefficient (Wildman–Crippen LogP) is 1.22. The van der Waals surface area contributed by atoms with Gasteiger partial charge in [-0.25, -0.2) is 0 Å². The maximum atomic E-state index is 8.43. The molecule has 0 bridgehead atoms. The van der Waals surface area contributed by atoms with Gasteiger partial charge in [-0.15, -0.1) is 0 Å². The number of rotatable bonds is 5. The lowest BCUT2D eigenvalue weighted by atomic mass is 10.3. The Morgan fingerprint density at radius 1 is 1.60 bits per heavy atom. The maximum Gasteiger partial charge on any atom is 0.118 e. The summed E-state index contributed by atoms with van der Waals surface area (Å²) in [5.74, 6) is 0. The summed E-state index contributed by atoms with van der Waals surface area (Å²) in [6.45, 7) is 4.63. The normalized spacial score (nSPS) is 12.5. The van der Waals surface area contributed by atoms with Crippen molar-refractivity contribution in [2.75, 3.05) is 6.61 Å². The standard InChI is InChI=1S/C7H14N2O/c1-3-5-10-9-7(4-2)6-8/h7,9H,3-5H2,1-2H3. The third-order valence-corrected chi connectivity index (χ3v) is 1.10. The Hall–Kier alpha value is -0.590. The van der Waals surface area contributed by atoms with Crippen LogP contribution in [0.2, 0.25) is 0 Å². The van der Waals surface area contributed by atoms with Gasteiger partial charge in [0, 0.05) is 0 Å². The minimum absolute atomic E-state index is 0.161. The summed E-state index contributed by atoms with van der Waals surface area (Å²) in [4.78, 5) is 4.95. The summed E-state index contributed by atoms with van der Waals surface area (Å²) in [5.41, 5.74) is 2.66. The second kappa shape index (κ2) is 6.53. The van der Waals surface area contributed by atoms with E-state index >= 15 is 0 Å². The molecule has 10 heavy (non-hydrogen) atoms. The summed E-state index contributed by atoms with van der Waals surface area (Å²) in [5, 5.41) is 8.43. The predicted molar refractivity (Wildman–Crippen MR) is 39.1 cm³/mol. The van der Waals surface area contributed by atoms with E-state index in [1.54, 1.807) is 0 Å². The summed E-state index contributed by atoms with van der Waals surface area (Å²) in [6, 6.07) is 1.91. The van der Waals surface area contributed by atoms with E-state index in [4.69, 9.17) is 10.1 Å². The Kier molecular flexibility index (Phi) is 6.14. The number of hydroxylamine groups is 1. The molecule has 0 aromatic rings. The van der Waals surface area contributed by atoms with Crippen molar-refractivity contribution in [1.82, 2.24) is 5.48 Å². The number of nitrogens with zero attached hydrogens (tertiary/aromatic N) is 1. The summed E-state index contributed by atoms with van der Waals surface area (Å²) in [6.07, 6.45) is 1.75. The molecule has 1 N–H and O–H groups in total. The second-order valence-corrected chi connectivity index (χ2v) is 2.06. The third-order valence-electron chi connectivity index (χ3n) is 1.10. The molecule has 3 nitrogen and oxygen atoms in total. The lowest BCUT2D eigenvalue weighted by Crippen LogP contribution is -2.27. The first-order chi connectivity index (χ1) is 4.85. The van der Waals surface area contributed by atoms with Crippen LogP contribution >= 0.6 is 0 Å². The quantitative estimate of drug-likeness (QED) is 0.463. The molecule has 0 fully saturated rings. The van der Waals surface area contributed by atoms with Gasteiger partial charge >= 0.3 is 0 Å². The molecule has 1 unspecified atom stereocenters. The third kappa shape index (κ3) is 4.30. The molecular formula is C7H14N2O. The first-order valence-corrected chi connectivity index (χ1v) is 3.62. The second-order valence-electron chi connectivity index (χ2n) is 2.06. The zero-order valence-corrected chi connectivity index (χ0v) is 6.55. The molecule has 0 rings (SSSR count). The average molecular weight is 142 g/mol. The highest BCUT2D eigenvalue weighted by Crippen LogP contribution is 1.87. The molecule has 0 heterocycles. The van der Waals surface area contributed by atoms with Gasteiger partial charge in [0.15, 0.2) is 0 Å². The SMILES string of the molecule is CCCONC(C#N)CC. The molecule has 0 saturated carbocycles. The van der Waals surface area contributed by atoms with Crippen LogP contribution in [0.4, 0.5) is 0 Å². The van der Waals surface area contributed by atoms with Crippen molar-refractivity contribution in [2.24, 2.45) is 0 Å². The fraction of sp³-hybridized carbons (Fsp3) is 0.857. The van der Waals surface area contributed by atoms with Crippen LogP contribution in [-0.2, 0) is 4.84 Å². The van der Waals surface area contributed by atoms with Gasteiger partial charge in [-0.3, -0.25) is 0 Å². The minimum Gasteiger partial charge on any atom is -0.301 e. The molecule has 3 heteroatoms. The topological polar surface area (TPSA) is 45.0 Å². The highest BCUT2D eigenvalue weighted by molar-refractivity contribution is 4.85. The van der Waals surface area contributed by atoms with E-state index in [0.29, 0.717) is 6.61 Å². The van der Waals surface area contributed by atoms with Crippen molar-refractivity contribution in [2.45, 2.75) is 32.7 Å². The number of hydrogen-bond donors (Lipinski definition) is 1. The monoisotopic (exact) mass is 142 g/mol. The van der Waals surface area contributed by atoms with E-state index in [2.05, 4.69) is 11.5 Å². The van der Waals surface area contributed by atoms with Gasteiger partial charge in [-0.2, -0.15) is 10.7 Å². The van der Waals surface area contributed by atoms with Gasteiger partial charge in [-0.1, -0.05) is 13.8 Å². The molecule has 0 aromatic carbocycles. The lowest BCUT2D eigenvalue weighted by molar-refractivity contribution is 0.0276. The molecule has 58 valence electrons. The molecule has 0 radical (unpaired) electrons. The summed E-state index contributed by atoms with van der Waals surface area (Å²) < 4.78 is 0. The fourth-order valence-electron chi connectivity index (χ4n) is 0.463. The summed E-state index contributed by atoms with van der Waals surface area (Å²) in [7, 11) is 0. The zero-order valence-electron chi connectivity index (χ0n) is 6.55. The molecule has 0 aliphatic rings. The summed E-state index contributed by atoms with van der Waals surface area (Å²) >= 11 is 0. The van der Waals surface area contributed by atoms with Crippen molar-refractivity contribution in [3.05, 3.63) is 0 Å². The molecule has 0 aromatic heterocycles. The number of nitriles is 1. The largest absolute Gasteiger partial charge is 0.301 e. The van der Waals surface area contributed by atoms with E-state index in [1.165, 1.54) is 0 Å². The molecule has 0 aliphatic carbocycles. The van der Waals surface area contributed by atoms with E-state index in [1.807, 2.05) is 13.8 Å². The van der Waals surface area contributed by atoms with Crippen LogP contribution in [0.25, 0.3) is 0 Å². The lowest BCUT2D eigenvalue weighted by Gasteiger charge is -2.07. The molecular weight excluding hydrogens is 128 g/mol. The van der Waals surface area contributed by atoms with Crippen LogP contribution in [0.1, 0.15) is 26.7 Å². The average Bonchev–Trinajstić information content (AvgIpc) is 1.99. The van der Waals surface area contributed by atoms with Crippen molar-refractivity contribution < 1.29 is 4.84 Å². The van der Waals surface area contributed by atoms with Crippen LogP contribution < -0.4 is 5.48 Å². The highest BCUT2D eigenvalue weighted by atomic mass is 16.6. The van der Waals surface area contributed by atoms with E-state index in [0.717, 1.165) is 12.8 Å². The van der Waals surface area contributed by atoms with Gasteiger partial charge in [0.05, 0.1) is 12.7 Å². The van der Waals surface area contributed by atoms with Gasteiger partial charge in [0.25, 0.3) is 0 Å². The van der Waals surface area contributed by atoms with Crippen LogP contribution in [-0.4, -0.2) is 12.6 Å². The first-order valence-electron chi connectivity index (χ1n) is 3.62. The van der Waals surface area contributed by atoms with Gasteiger partial charge < -0.3 is 4.84 Å².